The third kappa shape index (κ3) is 3.65. The minimum Gasteiger partial charge on any atom is -0.496 e. The molecule has 0 aliphatic heterocycles. The van der Waals surface area contributed by atoms with Gasteiger partial charge in [0.1, 0.15) is 11.5 Å². The van der Waals surface area contributed by atoms with E-state index in [1.807, 2.05) is 36.4 Å². The summed E-state index contributed by atoms with van der Waals surface area (Å²) >= 11 is 5.91. The third-order valence-corrected chi connectivity index (χ3v) is 3.28. The lowest BCUT2D eigenvalue weighted by Crippen LogP contribution is -2.15. The Morgan fingerprint density at radius 2 is 1.95 bits per heavy atom. The molecule has 1 unspecified atom stereocenters. The summed E-state index contributed by atoms with van der Waals surface area (Å²) in [4.78, 5) is 0. The number of aliphatic hydroxyl groups excluding tert-OH is 1. The summed E-state index contributed by atoms with van der Waals surface area (Å²) < 4.78 is 11.0. The van der Waals surface area contributed by atoms with E-state index in [4.69, 9.17) is 21.1 Å². The van der Waals surface area contributed by atoms with Gasteiger partial charge in [0, 0.05) is 16.5 Å². The van der Waals surface area contributed by atoms with Crippen molar-refractivity contribution in [2.75, 3.05) is 20.3 Å². The summed E-state index contributed by atoms with van der Waals surface area (Å²) in [6, 6.07) is 14.8. The molecule has 0 saturated heterocycles. The van der Waals surface area contributed by atoms with E-state index in [2.05, 4.69) is 0 Å². The molecule has 1 atom stereocenters. The van der Waals surface area contributed by atoms with Crippen LogP contribution in [0.1, 0.15) is 11.5 Å². The van der Waals surface area contributed by atoms with Crippen LogP contribution < -0.4 is 9.47 Å². The van der Waals surface area contributed by atoms with E-state index in [-0.39, 0.29) is 12.5 Å². The van der Waals surface area contributed by atoms with E-state index in [1.54, 1.807) is 19.2 Å². The van der Waals surface area contributed by atoms with Crippen LogP contribution in [0.25, 0.3) is 0 Å². The number of hydrogen-bond donors (Lipinski definition) is 1. The first kappa shape index (κ1) is 14.7. The minimum absolute atomic E-state index is 0.0130. The molecule has 0 heterocycles. The zero-order valence-electron chi connectivity index (χ0n) is 11.3. The number of rotatable bonds is 6. The SMILES string of the molecule is COc1ccccc1C(CO)COc1cccc(Cl)c1. The van der Waals surface area contributed by atoms with Gasteiger partial charge in [0.15, 0.2) is 0 Å². The lowest BCUT2D eigenvalue weighted by Gasteiger charge is -2.18. The van der Waals surface area contributed by atoms with Gasteiger partial charge in [-0.3, -0.25) is 0 Å². The standard InChI is InChI=1S/C16H17ClO3/c1-19-16-8-3-2-7-15(16)12(10-18)11-20-14-6-4-5-13(17)9-14/h2-9,12,18H,10-11H2,1H3. The van der Waals surface area contributed by atoms with Gasteiger partial charge in [0.2, 0.25) is 0 Å². The average molecular weight is 293 g/mol. The molecule has 0 aliphatic carbocycles. The topological polar surface area (TPSA) is 38.7 Å². The highest BCUT2D eigenvalue weighted by Crippen LogP contribution is 2.27. The number of benzene rings is 2. The fourth-order valence-electron chi connectivity index (χ4n) is 2.00. The van der Waals surface area contributed by atoms with E-state index in [1.165, 1.54) is 0 Å². The number of ether oxygens (including phenoxy) is 2. The van der Waals surface area contributed by atoms with Gasteiger partial charge in [0.05, 0.1) is 20.3 Å². The maximum atomic E-state index is 9.57. The molecule has 106 valence electrons. The van der Waals surface area contributed by atoms with Crippen molar-refractivity contribution in [2.24, 2.45) is 0 Å². The molecule has 2 aromatic rings. The molecule has 0 saturated carbocycles. The summed E-state index contributed by atoms with van der Waals surface area (Å²) in [5.41, 5.74) is 0.930. The Labute approximate surface area is 123 Å². The van der Waals surface area contributed by atoms with Crippen LogP contribution in [0.2, 0.25) is 5.02 Å². The van der Waals surface area contributed by atoms with Crippen molar-refractivity contribution in [2.45, 2.75) is 5.92 Å². The predicted octanol–water partition coefficient (Wildman–Crippen LogP) is 3.50. The van der Waals surface area contributed by atoms with E-state index in [0.29, 0.717) is 17.4 Å². The quantitative estimate of drug-likeness (QED) is 0.885. The van der Waals surface area contributed by atoms with Crippen LogP contribution in [0, 0.1) is 0 Å². The van der Waals surface area contributed by atoms with Gasteiger partial charge in [-0.2, -0.15) is 0 Å². The Kier molecular flexibility index (Phi) is 5.27. The fraction of sp³-hybridized carbons (Fsp3) is 0.250. The van der Waals surface area contributed by atoms with Gasteiger partial charge in [-0.1, -0.05) is 35.9 Å². The molecular weight excluding hydrogens is 276 g/mol. The second-order valence-corrected chi connectivity index (χ2v) is 4.83. The Bertz CT molecular complexity index is 557. The highest BCUT2D eigenvalue weighted by Gasteiger charge is 2.16. The second-order valence-electron chi connectivity index (χ2n) is 4.39. The van der Waals surface area contributed by atoms with Crippen molar-refractivity contribution < 1.29 is 14.6 Å². The summed E-state index contributed by atoms with van der Waals surface area (Å²) in [7, 11) is 1.62. The molecule has 0 fully saturated rings. The van der Waals surface area contributed by atoms with Crippen LogP contribution in [0.5, 0.6) is 11.5 Å². The molecule has 3 nitrogen and oxygen atoms in total. The molecule has 0 spiro atoms. The first-order valence-electron chi connectivity index (χ1n) is 6.36. The van der Waals surface area contributed by atoms with Gasteiger partial charge in [0.25, 0.3) is 0 Å². The van der Waals surface area contributed by atoms with E-state index in [9.17, 15) is 5.11 Å². The smallest absolute Gasteiger partial charge is 0.122 e. The van der Waals surface area contributed by atoms with Crippen LogP contribution in [0.15, 0.2) is 48.5 Å². The van der Waals surface area contributed by atoms with E-state index < -0.39 is 0 Å². The van der Waals surface area contributed by atoms with Crippen molar-refractivity contribution >= 4 is 11.6 Å². The minimum atomic E-state index is -0.148. The third-order valence-electron chi connectivity index (χ3n) is 3.05. The van der Waals surface area contributed by atoms with Crippen molar-refractivity contribution in [3.05, 3.63) is 59.1 Å². The summed E-state index contributed by atoms with van der Waals surface area (Å²) in [5, 5.41) is 10.2. The molecule has 0 aliphatic rings. The van der Waals surface area contributed by atoms with Crippen molar-refractivity contribution in [3.63, 3.8) is 0 Å². The number of methoxy groups -OCH3 is 1. The second kappa shape index (κ2) is 7.17. The van der Waals surface area contributed by atoms with Crippen molar-refractivity contribution in [3.8, 4) is 11.5 Å². The summed E-state index contributed by atoms with van der Waals surface area (Å²) in [5.74, 6) is 1.29. The van der Waals surface area contributed by atoms with Crippen LogP contribution in [0.4, 0.5) is 0 Å². The maximum absolute atomic E-state index is 9.57. The maximum Gasteiger partial charge on any atom is 0.122 e. The summed E-state index contributed by atoms with van der Waals surface area (Å²) in [6.07, 6.45) is 0. The first-order chi connectivity index (χ1) is 9.74. The van der Waals surface area contributed by atoms with Gasteiger partial charge >= 0.3 is 0 Å². The lowest BCUT2D eigenvalue weighted by atomic mass is 10.00. The first-order valence-corrected chi connectivity index (χ1v) is 6.74. The van der Waals surface area contributed by atoms with E-state index in [0.717, 1.165) is 11.3 Å². The Morgan fingerprint density at radius 1 is 1.15 bits per heavy atom. The molecule has 2 aromatic carbocycles. The molecule has 0 aromatic heterocycles. The Hall–Kier alpha value is -1.71. The zero-order chi connectivity index (χ0) is 14.4. The van der Waals surface area contributed by atoms with Gasteiger partial charge in [-0.15, -0.1) is 0 Å². The average Bonchev–Trinajstić information content (AvgIpc) is 2.48. The monoisotopic (exact) mass is 292 g/mol. The number of halogens is 1. The highest BCUT2D eigenvalue weighted by atomic mass is 35.5. The molecule has 4 heteroatoms. The van der Waals surface area contributed by atoms with Crippen molar-refractivity contribution in [1.82, 2.24) is 0 Å². The predicted molar refractivity (Wildman–Crippen MR) is 79.8 cm³/mol. The number of aliphatic hydroxyl groups is 1. The van der Waals surface area contributed by atoms with Gasteiger partial charge in [-0.25, -0.2) is 0 Å². The molecule has 2 rings (SSSR count). The summed E-state index contributed by atoms with van der Waals surface area (Å²) in [6.45, 7) is 0.345. The molecule has 20 heavy (non-hydrogen) atoms. The molecule has 0 bridgehead atoms. The highest BCUT2D eigenvalue weighted by molar-refractivity contribution is 6.30. The van der Waals surface area contributed by atoms with Crippen LogP contribution in [-0.2, 0) is 0 Å². The lowest BCUT2D eigenvalue weighted by molar-refractivity contribution is 0.202. The molecule has 0 radical (unpaired) electrons. The Morgan fingerprint density at radius 3 is 2.65 bits per heavy atom. The van der Waals surface area contributed by atoms with Crippen LogP contribution in [0.3, 0.4) is 0 Å². The van der Waals surface area contributed by atoms with Crippen LogP contribution in [-0.4, -0.2) is 25.4 Å². The molecule has 0 amide bonds. The Balaban J connectivity index is 2.09. The largest absolute Gasteiger partial charge is 0.496 e. The number of hydrogen-bond acceptors (Lipinski definition) is 3. The zero-order valence-corrected chi connectivity index (χ0v) is 12.0. The fourth-order valence-corrected chi connectivity index (χ4v) is 2.18. The van der Waals surface area contributed by atoms with Crippen LogP contribution >= 0.6 is 11.6 Å². The molecular formula is C16H17ClO3. The van der Waals surface area contributed by atoms with E-state index >= 15 is 0 Å². The number of para-hydroxylation sites is 1. The van der Waals surface area contributed by atoms with Gasteiger partial charge < -0.3 is 14.6 Å². The van der Waals surface area contributed by atoms with Crippen molar-refractivity contribution in [1.29, 1.82) is 0 Å². The molecule has 1 N–H and O–H groups in total. The van der Waals surface area contributed by atoms with Gasteiger partial charge in [-0.05, 0) is 24.3 Å². The normalized spacial score (nSPS) is 11.9.